The van der Waals surface area contributed by atoms with Gasteiger partial charge in [-0.05, 0) is 31.0 Å². The van der Waals surface area contributed by atoms with E-state index >= 15 is 0 Å². The Morgan fingerprint density at radius 2 is 2.23 bits per heavy atom. The minimum Gasteiger partial charge on any atom is -0.381 e. The van der Waals surface area contributed by atoms with Crippen molar-refractivity contribution in [3.05, 3.63) is 33.6 Å². The molecule has 0 aromatic heterocycles. The van der Waals surface area contributed by atoms with Crippen LogP contribution in [0, 0.1) is 11.7 Å². The number of ether oxygens (including phenoxy) is 1. The molecule has 22 heavy (non-hydrogen) atoms. The van der Waals surface area contributed by atoms with Gasteiger partial charge in [0.2, 0.25) is 0 Å². The van der Waals surface area contributed by atoms with E-state index in [1.54, 1.807) is 18.9 Å². The van der Waals surface area contributed by atoms with Crippen molar-refractivity contribution >= 4 is 29.2 Å². The van der Waals surface area contributed by atoms with Crippen molar-refractivity contribution in [2.24, 2.45) is 5.92 Å². The lowest BCUT2D eigenvalue weighted by Crippen LogP contribution is -2.41. The Morgan fingerprint density at radius 3 is 2.86 bits per heavy atom. The van der Waals surface area contributed by atoms with Crippen LogP contribution in [0.1, 0.15) is 24.9 Å². The molecule has 1 aromatic carbocycles. The van der Waals surface area contributed by atoms with Crippen molar-refractivity contribution in [3.63, 3.8) is 0 Å². The highest BCUT2D eigenvalue weighted by Gasteiger charge is 2.22. The molecule has 1 aliphatic heterocycles. The molecule has 1 saturated heterocycles. The topological polar surface area (TPSA) is 41.6 Å². The Hall–Kier alpha value is -1.04. The Balaban J connectivity index is 1.97. The van der Waals surface area contributed by atoms with Crippen LogP contribution in [-0.4, -0.2) is 37.7 Å². The van der Waals surface area contributed by atoms with Crippen molar-refractivity contribution in [1.29, 1.82) is 0 Å². The summed E-state index contributed by atoms with van der Waals surface area (Å²) in [6.07, 6.45) is 0.960. The zero-order valence-electron chi connectivity index (χ0n) is 12.5. The number of nitrogens with zero attached hydrogens (tertiary/aromatic N) is 1. The number of amides is 2. The largest absolute Gasteiger partial charge is 0.381 e. The maximum Gasteiger partial charge on any atom is 0.317 e. The quantitative estimate of drug-likeness (QED) is 0.839. The van der Waals surface area contributed by atoms with Crippen LogP contribution in [-0.2, 0) is 4.74 Å². The highest BCUT2D eigenvalue weighted by molar-refractivity contribution is 6.35. The van der Waals surface area contributed by atoms with Gasteiger partial charge in [-0.25, -0.2) is 9.18 Å². The molecule has 2 rings (SSSR count). The summed E-state index contributed by atoms with van der Waals surface area (Å²) in [7, 11) is 1.73. The molecule has 1 aromatic rings. The van der Waals surface area contributed by atoms with E-state index in [9.17, 15) is 9.18 Å². The minimum atomic E-state index is -0.557. The monoisotopic (exact) mass is 348 g/mol. The van der Waals surface area contributed by atoms with Gasteiger partial charge in [0.1, 0.15) is 5.82 Å². The molecule has 1 N–H and O–H groups in total. The van der Waals surface area contributed by atoms with Gasteiger partial charge in [-0.1, -0.05) is 23.2 Å². The Kier molecular flexibility index (Phi) is 5.89. The first-order valence-corrected chi connectivity index (χ1v) is 7.88. The lowest BCUT2D eigenvalue weighted by atomic mass is 10.1. The second kappa shape index (κ2) is 7.49. The van der Waals surface area contributed by atoms with Crippen LogP contribution in [0.5, 0.6) is 0 Å². The van der Waals surface area contributed by atoms with E-state index < -0.39 is 11.9 Å². The van der Waals surface area contributed by atoms with E-state index in [2.05, 4.69) is 5.32 Å². The fourth-order valence-corrected chi connectivity index (χ4v) is 2.99. The molecule has 4 nitrogen and oxygen atoms in total. The van der Waals surface area contributed by atoms with Gasteiger partial charge in [-0.2, -0.15) is 0 Å². The maximum atomic E-state index is 13.6. The fraction of sp³-hybridized carbons (Fsp3) is 0.533. The Bertz CT molecular complexity index is 551. The van der Waals surface area contributed by atoms with Gasteiger partial charge in [-0.15, -0.1) is 0 Å². The van der Waals surface area contributed by atoms with Crippen molar-refractivity contribution in [1.82, 2.24) is 10.2 Å². The first-order valence-electron chi connectivity index (χ1n) is 7.12. The van der Waals surface area contributed by atoms with Crippen molar-refractivity contribution in [2.75, 3.05) is 26.8 Å². The Morgan fingerprint density at radius 1 is 1.50 bits per heavy atom. The number of benzene rings is 1. The predicted octanol–water partition coefficient (Wildman–Crippen LogP) is 3.87. The highest BCUT2D eigenvalue weighted by Crippen LogP contribution is 2.28. The number of carbonyl (C=O) groups excluding carboxylic acids is 1. The van der Waals surface area contributed by atoms with E-state index in [-0.39, 0.29) is 11.1 Å². The summed E-state index contributed by atoms with van der Waals surface area (Å²) >= 11 is 11.7. The zero-order valence-corrected chi connectivity index (χ0v) is 14.0. The number of rotatable bonds is 4. The molecule has 1 fully saturated rings. The van der Waals surface area contributed by atoms with Gasteiger partial charge in [0.05, 0.1) is 17.7 Å². The molecule has 122 valence electrons. The summed E-state index contributed by atoms with van der Waals surface area (Å²) in [6.45, 7) is 3.80. The number of hydrogen-bond donors (Lipinski definition) is 1. The van der Waals surface area contributed by atoms with E-state index in [4.69, 9.17) is 27.9 Å². The summed E-state index contributed by atoms with van der Waals surface area (Å²) < 4.78 is 18.9. The standard InChI is InChI=1S/C15H19Cl2FN2O2/c1-9(11-5-14(18)13(17)6-12(11)16)19-15(21)20(2)7-10-3-4-22-8-10/h5-6,9-10H,3-4,7-8H2,1-2H3,(H,19,21). The number of halogens is 3. The summed E-state index contributed by atoms with van der Waals surface area (Å²) in [4.78, 5) is 13.8. The molecule has 0 saturated carbocycles. The minimum absolute atomic E-state index is 0.0365. The Labute approximate surface area is 139 Å². The van der Waals surface area contributed by atoms with Gasteiger partial charge < -0.3 is 15.0 Å². The molecule has 2 amide bonds. The third kappa shape index (κ3) is 4.24. The number of carbonyl (C=O) groups is 1. The van der Waals surface area contributed by atoms with E-state index in [1.807, 2.05) is 0 Å². The first-order chi connectivity index (χ1) is 10.4. The van der Waals surface area contributed by atoms with E-state index in [0.29, 0.717) is 29.7 Å². The van der Waals surface area contributed by atoms with Crippen LogP contribution in [0.3, 0.4) is 0 Å². The molecule has 0 spiro atoms. The van der Waals surface area contributed by atoms with Crippen LogP contribution >= 0.6 is 23.2 Å². The average Bonchev–Trinajstić information content (AvgIpc) is 2.95. The lowest BCUT2D eigenvalue weighted by molar-refractivity contribution is 0.170. The second-order valence-electron chi connectivity index (χ2n) is 5.57. The molecule has 1 heterocycles. The molecular weight excluding hydrogens is 330 g/mol. The lowest BCUT2D eigenvalue weighted by Gasteiger charge is -2.24. The van der Waals surface area contributed by atoms with Crippen molar-refractivity contribution in [2.45, 2.75) is 19.4 Å². The average molecular weight is 349 g/mol. The van der Waals surface area contributed by atoms with Gasteiger partial charge in [0, 0.05) is 31.1 Å². The second-order valence-corrected chi connectivity index (χ2v) is 6.38. The number of hydrogen-bond acceptors (Lipinski definition) is 2. The van der Waals surface area contributed by atoms with Crippen molar-refractivity contribution in [3.8, 4) is 0 Å². The van der Waals surface area contributed by atoms with E-state index in [0.717, 1.165) is 13.0 Å². The molecule has 2 atom stereocenters. The third-order valence-electron chi connectivity index (χ3n) is 3.75. The maximum absolute atomic E-state index is 13.6. The fourth-order valence-electron chi connectivity index (χ4n) is 2.44. The van der Waals surface area contributed by atoms with E-state index in [1.165, 1.54) is 12.1 Å². The smallest absolute Gasteiger partial charge is 0.317 e. The molecule has 0 aliphatic carbocycles. The first kappa shape index (κ1) is 17.3. The van der Waals surface area contributed by atoms with Gasteiger partial charge >= 0.3 is 6.03 Å². The van der Waals surface area contributed by atoms with Crippen LogP contribution in [0.2, 0.25) is 10.0 Å². The molecule has 2 unspecified atom stereocenters. The van der Waals surface area contributed by atoms with Crippen LogP contribution in [0.15, 0.2) is 12.1 Å². The van der Waals surface area contributed by atoms with Crippen molar-refractivity contribution < 1.29 is 13.9 Å². The van der Waals surface area contributed by atoms with Gasteiger partial charge in [0.15, 0.2) is 0 Å². The molecule has 7 heteroatoms. The third-order valence-corrected chi connectivity index (χ3v) is 4.37. The normalized spacial score (nSPS) is 19.0. The van der Waals surface area contributed by atoms with Crippen LogP contribution < -0.4 is 5.32 Å². The van der Waals surface area contributed by atoms with Gasteiger partial charge in [0.25, 0.3) is 0 Å². The van der Waals surface area contributed by atoms with Gasteiger partial charge in [-0.3, -0.25) is 0 Å². The molecule has 0 bridgehead atoms. The summed E-state index contributed by atoms with van der Waals surface area (Å²) in [6, 6.07) is 1.94. The van der Waals surface area contributed by atoms with Crippen LogP contribution in [0.25, 0.3) is 0 Å². The summed E-state index contributed by atoms with van der Waals surface area (Å²) in [5.41, 5.74) is 0.495. The zero-order chi connectivity index (χ0) is 16.3. The number of nitrogens with one attached hydrogen (secondary N) is 1. The molecule has 1 aliphatic rings. The summed E-state index contributed by atoms with van der Waals surface area (Å²) in [5.74, 6) is -0.193. The summed E-state index contributed by atoms with van der Waals surface area (Å²) in [5, 5.41) is 3.10. The number of urea groups is 1. The molecular formula is C15H19Cl2FN2O2. The molecule has 0 radical (unpaired) electrons. The SMILES string of the molecule is CC(NC(=O)N(C)CC1CCOC1)c1cc(F)c(Cl)cc1Cl. The predicted molar refractivity (Wildman–Crippen MR) is 84.9 cm³/mol. The van der Waals surface area contributed by atoms with Crippen LogP contribution in [0.4, 0.5) is 9.18 Å². The highest BCUT2D eigenvalue weighted by atomic mass is 35.5.